The van der Waals surface area contributed by atoms with Gasteiger partial charge < -0.3 is 15.4 Å². The molecule has 1 aliphatic heterocycles. The van der Waals surface area contributed by atoms with Crippen molar-refractivity contribution >= 4 is 22.5 Å². The van der Waals surface area contributed by atoms with E-state index in [-0.39, 0.29) is 18.9 Å². The van der Waals surface area contributed by atoms with Gasteiger partial charge in [-0.1, -0.05) is 6.07 Å². The predicted molar refractivity (Wildman–Crippen MR) is 87.0 cm³/mol. The highest BCUT2D eigenvalue weighted by molar-refractivity contribution is 6.05. The molecule has 0 spiro atoms. The average Bonchev–Trinajstić information content (AvgIpc) is 2.85. The third-order valence-corrected chi connectivity index (χ3v) is 4.38. The molecule has 3 aromatic rings. The maximum Gasteiger partial charge on any atom is 0.416 e. The van der Waals surface area contributed by atoms with Crippen molar-refractivity contribution in [1.82, 2.24) is 4.98 Å². The summed E-state index contributed by atoms with van der Waals surface area (Å²) in [6.45, 7) is -0.172. The molecule has 7 heteroatoms. The number of rotatable bonds is 1. The second kappa shape index (κ2) is 5.35. The van der Waals surface area contributed by atoms with Crippen molar-refractivity contribution in [3.05, 3.63) is 53.1 Å². The number of halogens is 3. The molecule has 0 aliphatic carbocycles. The number of benzene rings is 2. The first-order valence-corrected chi connectivity index (χ1v) is 7.62. The number of aliphatic hydroxyl groups is 1. The highest BCUT2D eigenvalue weighted by atomic mass is 19.4. The van der Waals surface area contributed by atoms with Gasteiger partial charge in [-0.3, -0.25) is 4.79 Å². The molecule has 0 bridgehead atoms. The monoisotopic (exact) mass is 346 g/mol. The topological polar surface area (TPSA) is 65.1 Å². The van der Waals surface area contributed by atoms with Crippen molar-refractivity contribution in [3.8, 4) is 11.3 Å². The van der Waals surface area contributed by atoms with Crippen molar-refractivity contribution in [3.63, 3.8) is 0 Å². The fraction of sp³-hybridized carbons (Fsp3) is 0.167. The Bertz CT molecular complexity index is 1010. The first-order valence-electron chi connectivity index (χ1n) is 7.62. The minimum Gasteiger partial charge on any atom is -0.392 e. The van der Waals surface area contributed by atoms with Crippen LogP contribution in [0.2, 0.25) is 0 Å². The van der Waals surface area contributed by atoms with E-state index in [1.807, 2.05) is 0 Å². The third-order valence-electron chi connectivity index (χ3n) is 4.38. The molecule has 3 N–H and O–H groups in total. The number of carbonyl (C=O) groups excluding carboxylic acids is 1. The number of amides is 1. The van der Waals surface area contributed by atoms with Crippen molar-refractivity contribution in [2.45, 2.75) is 19.2 Å². The van der Waals surface area contributed by atoms with Crippen LogP contribution in [0.1, 0.15) is 16.7 Å². The molecule has 0 saturated carbocycles. The first-order chi connectivity index (χ1) is 11.9. The van der Waals surface area contributed by atoms with E-state index in [2.05, 4.69) is 10.3 Å². The number of aliphatic hydroxyl groups excluding tert-OH is 1. The zero-order valence-corrected chi connectivity index (χ0v) is 12.9. The molecule has 1 amide bonds. The van der Waals surface area contributed by atoms with Gasteiger partial charge in [-0.25, -0.2) is 0 Å². The van der Waals surface area contributed by atoms with Gasteiger partial charge in [0.05, 0.1) is 30.0 Å². The van der Waals surface area contributed by atoms with Gasteiger partial charge in [0.25, 0.3) is 0 Å². The van der Waals surface area contributed by atoms with Crippen LogP contribution < -0.4 is 5.32 Å². The number of hydrogen-bond donors (Lipinski definition) is 3. The minimum absolute atomic E-state index is 0.0280. The van der Waals surface area contributed by atoms with Crippen LogP contribution in [0.4, 0.5) is 18.9 Å². The number of H-pyrrole nitrogens is 1. The molecule has 4 rings (SSSR count). The quantitative estimate of drug-likeness (QED) is 0.627. The second-order valence-corrected chi connectivity index (χ2v) is 6.00. The highest BCUT2D eigenvalue weighted by Gasteiger charge is 2.32. The lowest BCUT2D eigenvalue weighted by Crippen LogP contribution is -2.12. The Morgan fingerprint density at radius 2 is 1.92 bits per heavy atom. The van der Waals surface area contributed by atoms with Gasteiger partial charge in [0.15, 0.2) is 0 Å². The zero-order valence-electron chi connectivity index (χ0n) is 12.9. The van der Waals surface area contributed by atoms with E-state index in [1.54, 1.807) is 18.2 Å². The van der Waals surface area contributed by atoms with Crippen molar-refractivity contribution in [2.24, 2.45) is 0 Å². The van der Waals surface area contributed by atoms with E-state index in [1.165, 1.54) is 6.07 Å². The van der Waals surface area contributed by atoms with Gasteiger partial charge in [0.1, 0.15) is 0 Å². The Labute approximate surface area is 140 Å². The van der Waals surface area contributed by atoms with Gasteiger partial charge in [0, 0.05) is 16.5 Å². The molecule has 1 aromatic heterocycles. The third kappa shape index (κ3) is 2.56. The van der Waals surface area contributed by atoms with E-state index < -0.39 is 11.7 Å². The molecule has 0 fully saturated rings. The second-order valence-electron chi connectivity index (χ2n) is 6.00. The Morgan fingerprint density at radius 3 is 2.64 bits per heavy atom. The van der Waals surface area contributed by atoms with E-state index >= 15 is 0 Å². The SMILES string of the molecule is O=C1Cc2c([nH]c3ccc(C(F)(F)F)cc23)-c2cc(CO)ccc2N1. The van der Waals surface area contributed by atoms with Crippen LogP contribution in [0.3, 0.4) is 0 Å². The fourth-order valence-corrected chi connectivity index (χ4v) is 3.20. The summed E-state index contributed by atoms with van der Waals surface area (Å²) in [6, 6.07) is 8.55. The summed E-state index contributed by atoms with van der Waals surface area (Å²) in [6.07, 6.45) is -4.48. The predicted octanol–water partition coefficient (Wildman–Crippen LogP) is 3.84. The van der Waals surface area contributed by atoms with Crippen LogP contribution in [0.25, 0.3) is 22.2 Å². The van der Waals surface area contributed by atoms with Crippen molar-refractivity contribution in [2.75, 3.05) is 5.32 Å². The molecule has 0 saturated heterocycles. The molecular weight excluding hydrogens is 333 g/mol. The number of alkyl halides is 3. The average molecular weight is 346 g/mol. The lowest BCUT2D eigenvalue weighted by Gasteiger charge is -2.08. The molecule has 4 nitrogen and oxygen atoms in total. The standard InChI is InChI=1S/C18H13F3N2O2/c19-18(20,21)10-2-4-14-11(6-10)12-7-16(25)22-15-3-1-9(8-24)5-13(15)17(12)23-14/h1-6,23-24H,7-8H2,(H,22,25). The largest absolute Gasteiger partial charge is 0.416 e. The van der Waals surface area contributed by atoms with Gasteiger partial charge in [-0.2, -0.15) is 13.2 Å². The summed E-state index contributed by atoms with van der Waals surface area (Å²) in [4.78, 5) is 15.3. The van der Waals surface area contributed by atoms with Gasteiger partial charge >= 0.3 is 6.18 Å². The molecule has 2 heterocycles. The summed E-state index contributed by atoms with van der Waals surface area (Å²) in [5.74, 6) is -0.296. The number of aromatic amines is 1. The summed E-state index contributed by atoms with van der Waals surface area (Å²) >= 11 is 0. The summed E-state index contributed by atoms with van der Waals surface area (Å²) in [7, 11) is 0. The highest BCUT2D eigenvalue weighted by Crippen LogP contribution is 2.40. The molecular formula is C18H13F3N2O2. The lowest BCUT2D eigenvalue weighted by atomic mass is 10.0. The summed E-state index contributed by atoms with van der Waals surface area (Å²) < 4.78 is 39.1. The van der Waals surface area contributed by atoms with E-state index in [0.29, 0.717) is 39.0 Å². The molecule has 0 unspecified atom stereocenters. The maximum absolute atomic E-state index is 13.0. The normalized spacial score (nSPS) is 14.0. The van der Waals surface area contributed by atoms with Crippen LogP contribution in [-0.4, -0.2) is 16.0 Å². The molecule has 2 aromatic carbocycles. The smallest absolute Gasteiger partial charge is 0.392 e. The maximum atomic E-state index is 13.0. The van der Waals surface area contributed by atoms with Gasteiger partial charge in [-0.15, -0.1) is 0 Å². The van der Waals surface area contributed by atoms with Crippen molar-refractivity contribution in [1.29, 1.82) is 0 Å². The Kier molecular flexibility index (Phi) is 3.36. The molecule has 1 aliphatic rings. The zero-order chi connectivity index (χ0) is 17.8. The molecule has 25 heavy (non-hydrogen) atoms. The van der Waals surface area contributed by atoms with Crippen molar-refractivity contribution < 1.29 is 23.1 Å². The lowest BCUT2D eigenvalue weighted by molar-refractivity contribution is -0.137. The van der Waals surface area contributed by atoms with Crippen LogP contribution in [-0.2, 0) is 24.0 Å². The first kappa shape index (κ1) is 15.7. The van der Waals surface area contributed by atoms with Crippen LogP contribution in [0, 0.1) is 0 Å². The minimum atomic E-state index is -4.45. The molecule has 0 atom stereocenters. The van der Waals surface area contributed by atoms with Crippen LogP contribution in [0.5, 0.6) is 0 Å². The number of nitrogens with one attached hydrogen (secondary N) is 2. The Hall–Kier alpha value is -2.80. The summed E-state index contributed by atoms with van der Waals surface area (Å²) in [5.41, 5.74) is 2.76. The van der Waals surface area contributed by atoms with E-state index in [0.717, 1.165) is 12.1 Å². The number of anilines is 1. The van der Waals surface area contributed by atoms with Gasteiger partial charge in [-0.05, 0) is 41.5 Å². The van der Waals surface area contributed by atoms with E-state index in [9.17, 15) is 23.1 Å². The number of carbonyl (C=O) groups is 1. The van der Waals surface area contributed by atoms with Crippen LogP contribution >= 0.6 is 0 Å². The Morgan fingerprint density at radius 1 is 1.12 bits per heavy atom. The number of fused-ring (bicyclic) bond motifs is 5. The molecule has 128 valence electrons. The molecule has 0 radical (unpaired) electrons. The summed E-state index contributed by atoms with van der Waals surface area (Å²) in [5, 5.41) is 12.5. The number of hydrogen-bond acceptors (Lipinski definition) is 2. The Balaban J connectivity index is 2.01. The van der Waals surface area contributed by atoms with Gasteiger partial charge in [0.2, 0.25) is 5.91 Å². The van der Waals surface area contributed by atoms with Crippen LogP contribution in [0.15, 0.2) is 36.4 Å². The number of aromatic nitrogens is 1. The van der Waals surface area contributed by atoms with E-state index in [4.69, 9.17) is 0 Å². The fourth-order valence-electron chi connectivity index (χ4n) is 3.20.